The van der Waals surface area contributed by atoms with Crippen LogP contribution in [-0.4, -0.2) is 25.3 Å². The molecule has 0 amide bonds. The molecule has 0 aliphatic heterocycles. The van der Waals surface area contributed by atoms with Crippen molar-refractivity contribution in [2.75, 3.05) is 5.32 Å². The third kappa shape index (κ3) is 4.97. The highest BCUT2D eigenvalue weighted by Crippen LogP contribution is 2.18. The second kappa shape index (κ2) is 8.69. The zero-order valence-electron chi connectivity index (χ0n) is 17.0. The Morgan fingerprint density at radius 2 is 1.67 bits per heavy atom. The number of nitrogens with zero attached hydrogens (tertiary/aromatic N) is 4. The van der Waals surface area contributed by atoms with Crippen molar-refractivity contribution in [3.05, 3.63) is 95.8 Å². The molecule has 2 aromatic heterocycles. The molecule has 6 heteroatoms. The van der Waals surface area contributed by atoms with Gasteiger partial charge in [0.2, 0.25) is 0 Å². The summed E-state index contributed by atoms with van der Waals surface area (Å²) in [6, 6.07) is 16.0. The lowest BCUT2D eigenvalue weighted by Crippen LogP contribution is -2.07. The van der Waals surface area contributed by atoms with Gasteiger partial charge in [-0.1, -0.05) is 41.5 Å². The van der Waals surface area contributed by atoms with E-state index in [1.54, 1.807) is 12.5 Å². The van der Waals surface area contributed by atoms with Crippen LogP contribution in [-0.2, 0) is 17.6 Å². The molecule has 1 N–H and O–H groups in total. The molecule has 0 spiro atoms. The number of carbonyl (C=O) groups is 1. The molecule has 150 valence electrons. The number of aryl methyl sites for hydroxylation is 2. The second-order valence-corrected chi connectivity index (χ2v) is 7.44. The van der Waals surface area contributed by atoms with Gasteiger partial charge in [0, 0.05) is 37.0 Å². The first-order valence-electron chi connectivity index (χ1n) is 9.80. The summed E-state index contributed by atoms with van der Waals surface area (Å²) >= 11 is 0. The molecule has 4 rings (SSSR count). The zero-order chi connectivity index (χ0) is 20.9. The molecule has 2 aromatic carbocycles. The first kappa shape index (κ1) is 19.5. The lowest BCUT2D eigenvalue weighted by molar-refractivity contribution is -0.117. The summed E-state index contributed by atoms with van der Waals surface area (Å²) in [6.45, 7) is 4.12. The molecule has 0 aliphatic rings. The lowest BCUT2D eigenvalue weighted by atomic mass is 9.99. The van der Waals surface area contributed by atoms with Gasteiger partial charge in [-0.05, 0) is 37.1 Å². The van der Waals surface area contributed by atoms with Gasteiger partial charge in [0.15, 0.2) is 0 Å². The van der Waals surface area contributed by atoms with Crippen molar-refractivity contribution in [1.29, 1.82) is 0 Å². The number of rotatable bonds is 7. The number of hydrogen-bond acceptors (Lipinski definition) is 5. The van der Waals surface area contributed by atoms with Crippen LogP contribution in [0, 0.1) is 13.8 Å². The quantitative estimate of drug-likeness (QED) is 0.501. The number of aromatic nitrogens is 4. The molecule has 2 heterocycles. The maximum absolute atomic E-state index is 12.5. The summed E-state index contributed by atoms with van der Waals surface area (Å²) in [4.78, 5) is 25.0. The first-order chi connectivity index (χ1) is 14.5. The predicted octanol–water partition coefficient (Wildman–Crippen LogP) is 4.38. The number of imidazole rings is 1. The number of Topliss-reactive ketones (excluding diaryl/α,β-unsaturated/α-hetero) is 1. The van der Waals surface area contributed by atoms with Gasteiger partial charge in [0.1, 0.15) is 30.1 Å². The van der Waals surface area contributed by atoms with Gasteiger partial charge in [-0.3, -0.25) is 9.36 Å². The third-order valence-corrected chi connectivity index (χ3v) is 4.73. The fourth-order valence-corrected chi connectivity index (χ4v) is 3.49. The van der Waals surface area contributed by atoms with Crippen LogP contribution in [0.3, 0.4) is 0 Å². The van der Waals surface area contributed by atoms with Gasteiger partial charge in [-0.2, -0.15) is 0 Å². The second-order valence-electron chi connectivity index (χ2n) is 7.44. The minimum absolute atomic E-state index is 0.210. The van der Waals surface area contributed by atoms with Crippen LogP contribution in [0.5, 0.6) is 0 Å². The van der Waals surface area contributed by atoms with Gasteiger partial charge in [-0.25, -0.2) is 15.0 Å². The Morgan fingerprint density at radius 1 is 0.933 bits per heavy atom. The summed E-state index contributed by atoms with van der Waals surface area (Å²) in [7, 11) is 0. The Bertz CT molecular complexity index is 1130. The molecule has 0 unspecified atom stereocenters. The molecule has 0 fully saturated rings. The van der Waals surface area contributed by atoms with Crippen LogP contribution in [0.15, 0.2) is 73.6 Å². The lowest BCUT2D eigenvalue weighted by Gasteiger charge is -2.09. The maximum Gasteiger partial charge on any atom is 0.143 e. The van der Waals surface area contributed by atoms with E-state index in [1.165, 1.54) is 17.5 Å². The van der Waals surface area contributed by atoms with Gasteiger partial charge >= 0.3 is 0 Å². The van der Waals surface area contributed by atoms with E-state index in [0.717, 1.165) is 22.6 Å². The van der Waals surface area contributed by atoms with E-state index in [4.69, 9.17) is 0 Å². The van der Waals surface area contributed by atoms with E-state index in [-0.39, 0.29) is 5.78 Å². The minimum Gasteiger partial charge on any atom is -0.340 e. The van der Waals surface area contributed by atoms with Gasteiger partial charge in [0.05, 0.1) is 0 Å². The summed E-state index contributed by atoms with van der Waals surface area (Å²) in [5.74, 6) is 1.63. The highest BCUT2D eigenvalue weighted by atomic mass is 16.1. The van der Waals surface area contributed by atoms with Crippen molar-refractivity contribution < 1.29 is 4.79 Å². The van der Waals surface area contributed by atoms with Crippen LogP contribution in [0.4, 0.5) is 11.5 Å². The molecule has 4 aromatic rings. The molecule has 0 bridgehead atoms. The topological polar surface area (TPSA) is 72.7 Å². The van der Waals surface area contributed by atoms with Gasteiger partial charge in [0.25, 0.3) is 0 Å². The number of nitrogens with one attached hydrogen (secondary N) is 1. The average Bonchev–Trinajstić information content (AvgIpc) is 3.24. The summed E-state index contributed by atoms with van der Waals surface area (Å²) in [5.41, 5.74) is 5.35. The molecular weight excluding hydrogens is 374 g/mol. The molecule has 0 atom stereocenters. The highest BCUT2D eigenvalue weighted by Gasteiger charge is 2.07. The van der Waals surface area contributed by atoms with Crippen molar-refractivity contribution in [2.45, 2.75) is 26.7 Å². The molecular formula is C24H23N5O. The van der Waals surface area contributed by atoms with Crippen LogP contribution in [0.25, 0.3) is 5.82 Å². The standard InChI is InChI=1S/C24H23N5O/c1-17-9-18(2)11-20(10-17)13-22(30)12-19-3-5-21(6-4-19)28-23-14-24(27-15-26-23)29-8-7-25-16-29/h3-11,14-16H,12-13H2,1-2H3,(H,26,27,28). The molecule has 0 saturated carbocycles. The SMILES string of the molecule is Cc1cc(C)cc(CC(=O)Cc2ccc(Nc3cc(-n4ccnc4)ncn3)cc2)c1. The van der Waals surface area contributed by atoms with Crippen LogP contribution in [0.2, 0.25) is 0 Å². The van der Waals surface area contributed by atoms with Gasteiger partial charge < -0.3 is 5.32 Å². The van der Waals surface area contributed by atoms with Crippen LogP contribution >= 0.6 is 0 Å². The van der Waals surface area contributed by atoms with Crippen LogP contribution in [0.1, 0.15) is 22.3 Å². The monoisotopic (exact) mass is 397 g/mol. The molecule has 0 radical (unpaired) electrons. The summed E-state index contributed by atoms with van der Waals surface area (Å²) in [6.07, 6.45) is 7.62. The summed E-state index contributed by atoms with van der Waals surface area (Å²) in [5, 5.41) is 3.27. The summed E-state index contributed by atoms with van der Waals surface area (Å²) < 4.78 is 1.82. The first-order valence-corrected chi connectivity index (χ1v) is 9.80. The number of hydrogen-bond donors (Lipinski definition) is 1. The van der Waals surface area contributed by atoms with E-state index in [0.29, 0.717) is 18.7 Å². The maximum atomic E-state index is 12.5. The Hall–Kier alpha value is -3.80. The fourth-order valence-electron chi connectivity index (χ4n) is 3.49. The van der Waals surface area contributed by atoms with Crippen LogP contribution < -0.4 is 5.32 Å². The minimum atomic E-state index is 0.210. The van der Waals surface area contributed by atoms with Crippen molar-refractivity contribution >= 4 is 17.3 Å². The van der Waals surface area contributed by atoms with E-state index in [2.05, 4.69) is 52.3 Å². The molecule has 30 heavy (non-hydrogen) atoms. The predicted molar refractivity (Wildman–Crippen MR) is 117 cm³/mol. The molecule has 0 saturated heterocycles. The average molecular weight is 397 g/mol. The van der Waals surface area contributed by atoms with E-state index >= 15 is 0 Å². The van der Waals surface area contributed by atoms with Gasteiger partial charge in [-0.15, -0.1) is 0 Å². The number of carbonyl (C=O) groups excluding carboxylic acids is 1. The van der Waals surface area contributed by atoms with E-state index in [1.807, 2.05) is 41.1 Å². The smallest absolute Gasteiger partial charge is 0.143 e. The Labute approximate surface area is 175 Å². The normalized spacial score (nSPS) is 10.7. The molecule has 6 nitrogen and oxygen atoms in total. The van der Waals surface area contributed by atoms with Crippen molar-refractivity contribution in [3.8, 4) is 5.82 Å². The number of ketones is 1. The number of anilines is 2. The van der Waals surface area contributed by atoms with E-state index in [9.17, 15) is 4.79 Å². The van der Waals surface area contributed by atoms with E-state index < -0.39 is 0 Å². The van der Waals surface area contributed by atoms with Crippen molar-refractivity contribution in [3.63, 3.8) is 0 Å². The van der Waals surface area contributed by atoms with Crippen molar-refractivity contribution in [1.82, 2.24) is 19.5 Å². The largest absolute Gasteiger partial charge is 0.340 e. The number of benzene rings is 2. The Morgan fingerprint density at radius 3 is 2.37 bits per heavy atom. The third-order valence-electron chi connectivity index (χ3n) is 4.73. The zero-order valence-corrected chi connectivity index (χ0v) is 17.0. The van der Waals surface area contributed by atoms with Crippen molar-refractivity contribution in [2.24, 2.45) is 0 Å². The molecule has 0 aliphatic carbocycles. The highest BCUT2D eigenvalue weighted by molar-refractivity contribution is 5.83. The fraction of sp³-hybridized carbons (Fsp3) is 0.167. The Kier molecular flexibility index (Phi) is 5.66. The Balaban J connectivity index is 1.38.